The first-order chi connectivity index (χ1) is 5.24. The van der Waals surface area contributed by atoms with Crippen LogP contribution in [0.2, 0.25) is 0 Å². The van der Waals surface area contributed by atoms with Gasteiger partial charge in [-0.25, -0.2) is 4.39 Å². The number of hydrogen-bond donors (Lipinski definition) is 0. The maximum absolute atomic E-state index is 12.8. The monoisotopic (exact) mass is 263 g/mol. The molecule has 0 aliphatic carbocycles. The van der Waals surface area contributed by atoms with Gasteiger partial charge in [0.2, 0.25) is 0 Å². The Bertz CT molecular complexity index is 266. The smallest absolute Gasteiger partial charge is 0.154 e. The Hall–Kier alpha value is -0.450. The normalized spacial score (nSPS) is 11.7. The second-order valence-corrected chi connectivity index (χ2v) is 2.80. The third-order valence-corrected chi connectivity index (χ3v) is 1.80. The fourth-order valence-corrected chi connectivity index (χ4v) is 0.984. The van der Waals surface area contributed by atoms with Gasteiger partial charge in [-0.15, -0.1) is 0 Å². The van der Waals surface area contributed by atoms with E-state index < -0.39 is 0 Å². The molecule has 0 saturated heterocycles. The summed E-state index contributed by atoms with van der Waals surface area (Å²) in [5, 5.41) is 0. The lowest BCUT2D eigenvalue weighted by atomic mass is 10.3. The summed E-state index contributed by atoms with van der Waals surface area (Å²) in [6.45, 7) is 1.92. The summed E-state index contributed by atoms with van der Waals surface area (Å²) < 4.78 is 14.2. The van der Waals surface area contributed by atoms with E-state index in [2.05, 4.69) is 4.98 Å². The lowest BCUT2D eigenvalue weighted by molar-refractivity contribution is 0.755. The molecule has 1 aromatic rings. The predicted molar refractivity (Wildman–Crippen MR) is 52.1 cm³/mol. The third kappa shape index (κ3) is 2.25. The lowest BCUT2D eigenvalue weighted by Crippen LogP contribution is -1.83. The van der Waals surface area contributed by atoms with Crippen LogP contribution in [0, 0.1) is 6.92 Å². The second kappa shape index (κ2) is 3.80. The van der Waals surface area contributed by atoms with E-state index in [-0.39, 0.29) is 5.83 Å². The Labute approximate surface area is 78.5 Å². The summed E-state index contributed by atoms with van der Waals surface area (Å²) in [7, 11) is 0. The Morgan fingerprint density at radius 3 is 2.82 bits per heavy atom. The molecule has 1 rings (SSSR count). The molecule has 58 valence electrons. The average molecular weight is 263 g/mol. The van der Waals surface area contributed by atoms with E-state index in [1.54, 1.807) is 12.3 Å². The van der Waals surface area contributed by atoms with Gasteiger partial charge in [0.25, 0.3) is 0 Å². The first-order valence-corrected chi connectivity index (χ1v) is 4.37. The molecule has 0 aliphatic rings. The van der Waals surface area contributed by atoms with E-state index in [0.29, 0.717) is 5.69 Å². The van der Waals surface area contributed by atoms with Crippen molar-refractivity contribution in [2.45, 2.75) is 6.92 Å². The fraction of sp³-hybridized carbons (Fsp3) is 0.125. The summed E-state index contributed by atoms with van der Waals surface area (Å²) in [5.41, 5.74) is 1.43. The van der Waals surface area contributed by atoms with Gasteiger partial charge in [-0.1, -0.05) is 6.07 Å². The standard InChI is InChI=1S/C8H7FIN/c1-6-2-3-8(11-5-6)7(9)4-10/h2-5H,1H3/b7-4-. The first kappa shape index (κ1) is 8.64. The minimum absolute atomic E-state index is 0.286. The zero-order valence-electron chi connectivity index (χ0n) is 6.01. The van der Waals surface area contributed by atoms with Crippen LogP contribution in [0.3, 0.4) is 0 Å². The van der Waals surface area contributed by atoms with E-state index in [1.165, 1.54) is 4.08 Å². The number of aryl methyl sites for hydroxylation is 1. The molecule has 11 heavy (non-hydrogen) atoms. The van der Waals surface area contributed by atoms with Crippen molar-refractivity contribution < 1.29 is 4.39 Å². The molecule has 0 unspecified atom stereocenters. The van der Waals surface area contributed by atoms with Crippen molar-refractivity contribution in [3.8, 4) is 0 Å². The molecule has 0 bridgehead atoms. The maximum atomic E-state index is 12.8. The summed E-state index contributed by atoms with van der Waals surface area (Å²) in [4.78, 5) is 3.90. The molecule has 0 aliphatic heterocycles. The van der Waals surface area contributed by atoms with Gasteiger partial charge in [-0.05, 0) is 41.1 Å². The van der Waals surface area contributed by atoms with Crippen molar-refractivity contribution in [1.29, 1.82) is 0 Å². The van der Waals surface area contributed by atoms with Crippen LogP contribution in [-0.2, 0) is 0 Å². The first-order valence-electron chi connectivity index (χ1n) is 3.13. The van der Waals surface area contributed by atoms with E-state index in [9.17, 15) is 4.39 Å². The molecular weight excluding hydrogens is 256 g/mol. The van der Waals surface area contributed by atoms with Crippen LogP contribution in [-0.4, -0.2) is 4.98 Å². The van der Waals surface area contributed by atoms with Crippen molar-refractivity contribution in [3.63, 3.8) is 0 Å². The molecule has 0 spiro atoms. The van der Waals surface area contributed by atoms with Crippen molar-refractivity contribution in [2.24, 2.45) is 0 Å². The Balaban J connectivity index is 2.99. The SMILES string of the molecule is Cc1ccc(/C(F)=C/I)nc1. The van der Waals surface area contributed by atoms with Gasteiger partial charge in [0.1, 0.15) is 0 Å². The van der Waals surface area contributed by atoms with E-state index in [4.69, 9.17) is 0 Å². The molecule has 1 nitrogen and oxygen atoms in total. The summed E-state index contributed by atoms with van der Waals surface area (Å²) in [6, 6.07) is 3.50. The average Bonchev–Trinajstić information content (AvgIpc) is 2.05. The van der Waals surface area contributed by atoms with Crippen molar-refractivity contribution in [3.05, 3.63) is 33.7 Å². The Morgan fingerprint density at radius 1 is 1.64 bits per heavy atom. The van der Waals surface area contributed by atoms with Crippen LogP contribution in [0.4, 0.5) is 4.39 Å². The second-order valence-electron chi connectivity index (χ2n) is 2.18. The minimum atomic E-state index is -0.286. The van der Waals surface area contributed by atoms with Crippen molar-refractivity contribution in [2.75, 3.05) is 0 Å². The van der Waals surface area contributed by atoms with Gasteiger partial charge in [0.15, 0.2) is 5.83 Å². The highest BCUT2D eigenvalue weighted by Crippen LogP contribution is 2.14. The van der Waals surface area contributed by atoms with Gasteiger partial charge in [-0.3, -0.25) is 4.98 Å². The van der Waals surface area contributed by atoms with Gasteiger partial charge in [0.05, 0.1) is 5.69 Å². The topological polar surface area (TPSA) is 12.9 Å². The van der Waals surface area contributed by atoms with Crippen LogP contribution in [0.1, 0.15) is 11.3 Å². The van der Waals surface area contributed by atoms with Crippen molar-refractivity contribution >= 4 is 28.4 Å². The maximum Gasteiger partial charge on any atom is 0.154 e. The van der Waals surface area contributed by atoms with E-state index in [1.807, 2.05) is 35.6 Å². The number of rotatable bonds is 1. The number of aromatic nitrogens is 1. The molecule has 1 aromatic heterocycles. The number of halogens is 2. The molecule has 0 aromatic carbocycles. The van der Waals surface area contributed by atoms with Gasteiger partial charge in [0, 0.05) is 10.3 Å². The molecule has 0 radical (unpaired) electrons. The number of nitrogens with zero attached hydrogens (tertiary/aromatic N) is 1. The third-order valence-electron chi connectivity index (χ3n) is 1.25. The van der Waals surface area contributed by atoms with Crippen LogP contribution < -0.4 is 0 Å². The molecule has 1 heterocycles. The highest BCUT2D eigenvalue weighted by molar-refractivity contribution is 14.1. The highest BCUT2D eigenvalue weighted by atomic mass is 127. The van der Waals surface area contributed by atoms with Gasteiger partial charge < -0.3 is 0 Å². The number of pyridine rings is 1. The molecule has 0 saturated carbocycles. The zero-order chi connectivity index (χ0) is 8.27. The quantitative estimate of drug-likeness (QED) is 0.709. The molecule has 3 heteroatoms. The molecule has 0 atom stereocenters. The van der Waals surface area contributed by atoms with Crippen LogP contribution in [0.5, 0.6) is 0 Å². The zero-order valence-corrected chi connectivity index (χ0v) is 8.17. The minimum Gasteiger partial charge on any atom is -0.254 e. The summed E-state index contributed by atoms with van der Waals surface area (Å²) in [6.07, 6.45) is 1.65. The number of hydrogen-bond acceptors (Lipinski definition) is 1. The lowest BCUT2D eigenvalue weighted by Gasteiger charge is -1.95. The van der Waals surface area contributed by atoms with Crippen LogP contribution >= 0.6 is 22.6 Å². The molecule has 0 fully saturated rings. The summed E-state index contributed by atoms with van der Waals surface area (Å²) in [5.74, 6) is -0.286. The van der Waals surface area contributed by atoms with Gasteiger partial charge in [-0.2, -0.15) is 0 Å². The highest BCUT2D eigenvalue weighted by Gasteiger charge is 1.98. The fourth-order valence-electron chi connectivity index (χ4n) is 0.665. The van der Waals surface area contributed by atoms with Crippen LogP contribution in [0.25, 0.3) is 5.83 Å². The Morgan fingerprint density at radius 2 is 2.36 bits per heavy atom. The van der Waals surface area contributed by atoms with Gasteiger partial charge >= 0.3 is 0 Å². The summed E-state index contributed by atoms with van der Waals surface area (Å²) >= 11 is 1.85. The Kier molecular flexibility index (Phi) is 2.99. The predicted octanol–water partition coefficient (Wildman–Crippen LogP) is 3.09. The molecule has 0 amide bonds. The van der Waals surface area contributed by atoms with E-state index in [0.717, 1.165) is 5.56 Å². The van der Waals surface area contributed by atoms with E-state index >= 15 is 0 Å². The van der Waals surface area contributed by atoms with Crippen molar-refractivity contribution in [1.82, 2.24) is 4.98 Å². The molecular formula is C8H7FIN. The molecule has 0 N–H and O–H groups in total. The van der Waals surface area contributed by atoms with Crippen LogP contribution in [0.15, 0.2) is 22.4 Å². The largest absolute Gasteiger partial charge is 0.254 e.